The van der Waals surface area contributed by atoms with E-state index in [2.05, 4.69) is 10.9 Å². The minimum absolute atomic E-state index is 0.0280. The number of hydrazine groups is 1. The molecule has 5 rings (SSSR count). The zero-order chi connectivity index (χ0) is 18.3. The number of ether oxygens (including phenoxy) is 2. The summed E-state index contributed by atoms with van der Waals surface area (Å²) >= 11 is 0. The van der Waals surface area contributed by atoms with Crippen molar-refractivity contribution in [2.75, 3.05) is 14.2 Å². The van der Waals surface area contributed by atoms with Gasteiger partial charge in [0.1, 0.15) is 11.5 Å². The van der Waals surface area contributed by atoms with Gasteiger partial charge >= 0.3 is 0 Å². The van der Waals surface area contributed by atoms with Gasteiger partial charge < -0.3 is 9.47 Å². The maximum Gasteiger partial charge on any atom is 0.269 e. The second kappa shape index (κ2) is 6.49. The lowest BCUT2D eigenvalue weighted by Gasteiger charge is -2.55. The number of hydrogen-bond acceptors (Lipinski definition) is 4. The number of methoxy groups -OCH3 is 2. The van der Waals surface area contributed by atoms with Crippen molar-refractivity contribution in [1.29, 1.82) is 0 Å². The maximum atomic E-state index is 12.9. The molecule has 2 N–H and O–H groups in total. The van der Waals surface area contributed by atoms with Gasteiger partial charge in [-0.25, -0.2) is 0 Å². The second-order valence-electron chi connectivity index (χ2n) is 8.21. The summed E-state index contributed by atoms with van der Waals surface area (Å²) in [4.78, 5) is 25.4. The van der Waals surface area contributed by atoms with Crippen molar-refractivity contribution in [2.45, 2.75) is 38.5 Å². The molecule has 0 aliphatic heterocycles. The predicted octanol–water partition coefficient (Wildman–Crippen LogP) is 2.68. The van der Waals surface area contributed by atoms with Crippen LogP contribution in [-0.2, 0) is 4.79 Å². The fraction of sp³-hybridized carbons (Fsp3) is 0.600. The van der Waals surface area contributed by atoms with Gasteiger partial charge in [0.2, 0.25) is 5.91 Å². The Kier molecular flexibility index (Phi) is 4.29. The highest BCUT2D eigenvalue weighted by Crippen LogP contribution is 2.60. The van der Waals surface area contributed by atoms with Gasteiger partial charge in [0.25, 0.3) is 5.91 Å². The fourth-order valence-electron chi connectivity index (χ4n) is 5.65. The minimum Gasteiger partial charge on any atom is -0.497 e. The zero-order valence-electron chi connectivity index (χ0n) is 15.3. The molecule has 4 saturated carbocycles. The Bertz CT molecular complexity index is 673. The van der Waals surface area contributed by atoms with Gasteiger partial charge in [0, 0.05) is 11.6 Å². The highest BCUT2D eigenvalue weighted by molar-refractivity contribution is 5.96. The smallest absolute Gasteiger partial charge is 0.269 e. The summed E-state index contributed by atoms with van der Waals surface area (Å²) in [7, 11) is 3.07. The van der Waals surface area contributed by atoms with E-state index in [1.165, 1.54) is 33.5 Å². The molecule has 4 aliphatic carbocycles. The highest BCUT2D eigenvalue weighted by Gasteiger charge is 2.54. The van der Waals surface area contributed by atoms with Gasteiger partial charge in [-0.15, -0.1) is 0 Å². The van der Waals surface area contributed by atoms with Crippen molar-refractivity contribution in [3.05, 3.63) is 23.8 Å². The molecule has 2 amide bonds. The second-order valence-corrected chi connectivity index (χ2v) is 8.21. The van der Waals surface area contributed by atoms with Crippen LogP contribution in [0.1, 0.15) is 48.9 Å². The van der Waals surface area contributed by atoms with Crippen LogP contribution < -0.4 is 20.3 Å². The van der Waals surface area contributed by atoms with Gasteiger partial charge in [-0.3, -0.25) is 20.4 Å². The molecule has 140 valence electrons. The molecule has 0 spiro atoms. The van der Waals surface area contributed by atoms with E-state index in [0.29, 0.717) is 34.8 Å². The lowest BCUT2D eigenvalue weighted by Crippen LogP contribution is -2.56. The van der Waals surface area contributed by atoms with Crippen LogP contribution in [0.2, 0.25) is 0 Å². The van der Waals surface area contributed by atoms with E-state index >= 15 is 0 Å². The number of hydrogen-bond donors (Lipinski definition) is 2. The standard InChI is InChI=1S/C20H26N2O4/c1-25-16-6-15(7-17(8-16)26-2)18(23)21-22-19(24)20-9-12-3-13(10-20)5-14(4-12)11-20/h6-8,12-14H,3-5,9-11H2,1-2H3,(H,21,23)(H,22,24). The first kappa shape index (κ1) is 17.2. The molecule has 4 fully saturated rings. The number of carbonyl (C=O) groups is 2. The zero-order valence-corrected chi connectivity index (χ0v) is 15.3. The quantitative estimate of drug-likeness (QED) is 0.812. The van der Waals surface area contributed by atoms with Crippen LogP contribution in [-0.4, -0.2) is 26.0 Å². The molecule has 0 saturated heterocycles. The van der Waals surface area contributed by atoms with Gasteiger partial charge in [0.15, 0.2) is 0 Å². The first-order valence-corrected chi connectivity index (χ1v) is 9.35. The summed E-state index contributed by atoms with van der Waals surface area (Å²) in [5.41, 5.74) is 5.37. The van der Waals surface area contributed by atoms with Crippen molar-refractivity contribution >= 4 is 11.8 Å². The summed E-state index contributed by atoms with van der Waals surface area (Å²) < 4.78 is 10.4. The van der Waals surface area contributed by atoms with Crippen LogP contribution in [0.3, 0.4) is 0 Å². The Morgan fingerprint density at radius 2 is 1.38 bits per heavy atom. The fourth-order valence-corrected chi connectivity index (χ4v) is 5.65. The molecule has 1 aromatic carbocycles. The van der Waals surface area contributed by atoms with Crippen molar-refractivity contribution < 1.29 is 19.1 Å². The minimum atomic E-state index is -0.375. The SMILES string of the molecule is COc1cc(OC)cc(C(=O)NNC(=O)C23CC4CC(CC(C4)C2)C3)c1. The summed E-state index contributed by atoms with van der Waals surface area (Å²) in [6.45, 7) is 0. The monoisotopic (exact) mass is 358 g/mol. The summed E-state index contributed by atoms with van der Waals surface area (Å²) in [6.07, 6.45) is 6.74. The molecule has 0 radical (unpaired) electrons. The Morgan fingerprint density at radius 3 is 1.85 bits per heavy atom. The summed E-state index contributed by atoms with van der Waals surface area (Å²) in [6, 6.07) is 4.94. The van der Waals surface area contributed by atoms with Crippen LogP contribution in [0.15, 0.2) is 18.2 Å². The number of amides is 2. The summed E-state index contributed by atoms with van der Waals surface area (Å²) in [5.74, 6) is 2.71. The molecule has 26 heavy (non-hydrogen) atoms. The molecule has 4 aliphatic rings. The Hall–Kier alpha value is -2.24. The van der Waals surface area contributed by atoms with E-state index in [1.807, 2.05) is 0 Å². The first-order chi connectivity index (χ1) is 12.5. The predicted molar refractivity (Wildman–Crippen MR) is 95.8 cm³/mol. The number of benzene rings is 1. The highest BCUT2D eigenvalue weighted by atomic mass is 16.5. The maximum absolute atomic E-state index is 12.9. The average Bonchev–Trinajstić information content (AvgIpc) is 2.64. The van der Waals surface area contributed by atoms with Crippen LogP contribution in [0.4, 0.5) is 0 Å². The van der Waals surface area contributed by atoms with E-state index in [1.54, 1.807) is 18.2 Å². The van der Waals surface area contributed by atoms with Gasteiger partial charge in [0.05, 0.1) is 19.6 Å². The van der Waals surface area contributed by atoms with Crippen LogP contribution >= 0.6 is 0 Å². The molecule has 6 heteroatoms. The third kappa shape index (κ3) is 3.02. The molecule has 0 atom stereocenters. The Labute approximate surface area is 153 Å². The first-order valence-electron chi connectivity index (χ1n) is 9.35. The third-order valence-electron chi connectivity index (χ3n) is 6.42. The molecule has 4 bridgehead atoms. The lowest BCUT2D eigenvalue weighted by atomic mass is 9.49. The van der Waals surface area contributed by atoms with Crippen molar-refractivity contribution in [3.8, 4) is 11.5 Å². The normalized spacial score (nSPS) is 31.4. The van der Waals surface area contributed by atoms with Gasteiger partial charge in [-0.2, -0.15) is 0 Å². The molecule has 6 nitrogen and oxygen atoms in total. The topological polar surface area (TPSA) is 76.7 Å². The van der Waals surface area contributed by atoms with Gasteiger partial charge in [-0.1, -0.05) is 0 Å². The lowest BCUT2D eigenvalue weighted by molar-refractivity contribution is -0.147. The van der Waals surface area contributed by atoms with Crippen LogP contribution in [0.5, 0.6) is 11.5 Å². The van der Waals surface area contributed by atoms with Crippen molar-refractivity contribution in [2.24, 2.45) is 23.2 Å². The number of nitrogens with one attached hydrogen (secondary N) is 2. The molecule has 0 heterocycles. The molecular formula is C20H26N2O4. The molecule has 1 aromatic rings. The summed E-state index contributed by atoms with van der Waals surface area (Å²) in [5, 5.41) is 0. The van der Waals surface area contributed by atoms with E-state index in [0.717, 1.165) is 19.3 Å². The molecule has 0 unspecified atom stereocenters. The largest absolute Gasteiger partial charge is 0.497 e. The molecular weight excluding hydrogens is 332 g/mol. The van der Waals surface area contributed by atoms with Crippen LogP contribution in [0, 0.1) is 23.2 Å². The Balaban J connectivity index is 1.42. The third-order valence-corrected chi connectivity index (χ3v) is 6.42. The van der Waals surface area contributed by atoms with Crippen molar-refractivity contribution in [3.63, 3.8) is 0 Å². The van der Waals surface area contributed by atoms with Gasteiger partial charge in [-0.05, 0) is 68.4 Å². The van der Waals surface area contributed by atoms with E-state index in [-0.39, 0.29) is 17.2 Å². The number of rotatable bonds is 4. The number of carbonyl (C=O) groups excluding carboxylic acids is 2. The van der Waals surface area contributed by atoms with E-state index in [9.17, 15) is 9.59 Å². The van der Waals surface area contributed by atoms with E-state index in [4.69, 9.17) is 9.47 Å². The molecule has 0 aromatic heterocycles. The van der Waals surface area contributed by atoms with Crippen molar-refractivity contribution in [1.82, 2.24) is 10.9 Å². The van der Waals surface area contributed by atoms with Crippen LogP contribution in [0.25, 0.3) is 0 Å². The van der Waals surface area contributed by atoms with E-state index < -0.39 is 0 Å². The Morgan fingerprint density at radius 1 is 0.885 bits per heavy atom. The average molecular weight is 358 g/mol.